The number of halogens is 1. The molecule has 0 amide bonds. The molecule has 0 bridgehead atoms. The lowest BCUT2D eigenvalue weighted by atomic mass is 10.1. The third-order valence-corrected chi connectivity index (χ3v) is 3.92. The van der Waals surface area contributed by atoms with Crippen molar-refractivity contribution < 1.29 is 0 Å². The second-order valence-corrected chi connectivity index (χ2v) is 5.23. The highest BCUT2D eigenvalue weighted by Gasteiger charge is 2.41. The van der Waals surface area contributed by atoms with Crippen LogP contribution in [0.2, 0.25) is 5.15 Å². The molecule has 1 aliphatic rings. The molecule has 3 aromatic rings. The number of pyridine rings is 1. The van der Waals surface area contributed by atoms with Gasteiger partial charge in [0.05, 0.1) is 0 Å². The average Bonchev–Trinajstić information content (AvgIpc) is 3.07. The predicted octanol–water partition coefficient (Wildman–Crippen LogP) is 3.05. The fourth-order valence-electron chi connectivity index (χ4n) is 2.66. The van der Waals surface area contributed by atoms with Gasteiger partial charge in [-0.2, -0.15) is 5.10 Å². The Kier molecular flexibility index (Phi) is 2.32. The molecule has 0 saturated heterocycles. The zero-order valence-corrected chi connectivity index (χ0v) is 10.8. The number of rotatable bonds is 2. The lowest BCUT2D eigenvalue weighted by Gasteiger charge is -2.03. The van der Waals surface area contributed by atoms with Crippen molar-refractivity contribution in [3.63, 3.8) is 0 Å². The van der Waals surface area contributed by atoms with Gasteiger partial charge in [0, 0.05) is 30.4 Å². The van der Waals surface area contributed by atoms with E-state index in [1.54, 1.807) is 6.20 Å². The summed E-state index contributed by atoms with van der Waals surface area (Å²) in [5, 5.41) is 4.79. The maximum absolute atomic E-state index is 5.82. The Morgan fingerprint density at radius 3 is 2.89 bits per heavy atom. The molecular weight excluding hydrogens is 260 g/mol. The molecule has 4 nitrogen and oxygen atoms in total. The Balaban J connectivity index is 1.69. The zero-order valence-electron chi connectivity index (χ0n) is 10.1. The van der Waals surface area contributed by atoms with E-state index in [0.717, 1.165) is 12.1 Å². The van der Waals surface area contributed by atoms with Crippen LogP contribution in [-0.4, -0.2) is 19.6 Å². The van der Waals surface area contributed by atoms with Gasteiger partial charge in [-0.05, 0) is 36.0 Å². The maximum atomic E-state index is 5.82. The minimum atomic E-state index is 0.510. The quantitative estimate of drug-likeness (QED) is 0.672. The number of imidazole rings is 1. The van der Waals surface area contributed by atoms with Gasteiger partial charge in [-0.15, -0.1) is 0 Å². The summed E-state index contributed by atoms with van der Waals surface area (Å²) in [7, 11) is 0. The third kappa shape index (κ3) is 1.79. The molecule has 5 heteroatoms. The molecule has 1 fully saturated rings. The minimum Gasteiger partial charge on any atom is -0.244 e. The first kappa shape index (κ1) is 10.9. The summed E-state index contributed by atoms with van der Waals surface area (Å²) in [6.07, 6.45) is 8.50. The number of hydrogen-bond donors (Lipinski definition) is 0. The molecule has 1 aliphatic carbocycles. The predicted molar refractivity (Wildman–Crippen MR) is 72.3 cm³/mol. The molecule has 3 aromatic heterocycles. The molecule has 94 valence electrons. The summed E-state index contributed by atoms with van der Waals surface area (Å²) in [6, 6.07) is 5.98. The molecule has 19 heavy (non-hydrogen) atoms. The fourth-order valence-corrected chi connectivity index (χ4v) is 2.77. The van der Waals surface area contributed by atoms with Crippen molar-refractivity contribution in [1.29, 1.82) is 0 Å². The molecule has 1 saturated carbocycles. The zero-order chi connectivity index (χ0) is 12.8. The highest BCUT2D eigenvalue weighted by Crippen LogP contribution is 2.55. The van der Waals surface area contributed by atoms with Crippen LogP contribution < -0.4 is 0 Å². The van der Waals surface area contributed by atoms with Crippen LogP contribution in [0.4, 0.5) is 0 Å². The van der Waals surface area contributed by atoms with Gasteiger partial charge in [0.25, 0.3) is 0 Å². The Bertz CT molecular complexity index is 735. The summed E-state index contributed by atoms with van der Waals surface area (Å²) >= 11 is 5.82. The van der Waals surface area contributed by atoms with Crippen molar-refractivity contribution in [2.75, 3.05) is 0 Å². The monoisotopic (exact) mass is 270 g/mol. The van der Waals surface area contributed by atoms with E-state index in [-0.39, 0.29) is 0 Å². The first-order valence-electron chi connectivity index (χ1n) is 6.22. The van der Waals surface area contributed by atoms with Gasteiger partial charge >= 0.3 is 0 Å². The van der Waals surface area contributed by atoms with Crippen LogP contribution in [0.5, 0.6) is 0 Å². The van der Waals surface area contributed by atoms with Crippen molar-refractivity contribution in [3.05, 3.63) is 59.3 Å². The average molecular weight is 271 g/mol. The van der Waals surface area contributed by atoms with Crippen LogP contribution in [-0.2, 0) is 0 Å². The van der Waals surface area contributed by atoms with Crippen molar-refractivity contribution >= 4 is 17.2 Å². The lowest BCUT2D eigenvalue weighted by molar-refractivity contribution is 0.904. The molecule has 0 aliphatic heterocycles. The van der Waals surface area contributed by atoms with Crippen molar-refractivity contribution in [1.82, 2.24) is 19.6 Å². The van der Waals surface area contributed by atoms with Crippen molar-refractivity contribution in [2.45, 2.75) is 18.3 Å². The van der Waals surface area contributed by atoms with Gasteiger partial charge < -0.3 is 0 Å². The van der Waals surface area contributed by atoms with E-state index >= 15 is 0 Å². The van der Waals surface area contributed by atoms with Gasteiger partial charge in [-0.1, -0.05) is 17.7 Å². The second kappa shape index (κ2) is 4.03. The Morgan fingerprint density at radius 2 is 2.05 bits per heavy atom. The molecule has 0 N–H and O–H groups in total. The fraction of sp³-hybridized carbons (Fsp3) is 0.214. The van der Waals surface area contributed by atoms with Crippen LogP contribution in [0.3, 0.4) is 0 Å². The summed E-state index contributed by atoms with van der Waals surface area (Å²) in [6.45, 7) is 0. The van der Waals surface area contributed by atoms with E-state index in [1.807, 2.05) is 29.2 Å². The van der Waals surface area contributed by atoms with Crippen molar-refractivity contribution in [3.8, 4) is 0 Å². The molecule has 4 rings (SSSR count). The number of hydrogen-bond acceptors (Lipinski definition) is 3. The molecular formula is C14H11ClN4. The summed E-state index contributed by atoms with van der Waals surface area (Å²) in [4.78, 5) is 8.54. The molecule has 0 spiro atoms. The van der Waals surface area contributed by atoms with Gasteiger partial charge in [0.15, 0.2) is 5.65 Å². The molecule has 0 aromatic carbocycles. The lowest BCUT2D eigenvalue weighted by Crippen LogP contribution is -1.95. The van der Waals surface area contributed by atoms with E-state index in [9.17, 15) is 0 Å². The van der Waals surface area contributed by atoms with E-state index in [1.165, 1.54) is 11.1 Å². The highest BCUT2D eigenvalue weighted by atomic mass is 35.5. The van der Waals surface area contributed by atoms with Gasteiger partial charge in [-0.25, -0.2) is 14.5 Å². The van der Waals surface area contributed by atoms with Crippen LogP contribution in [0.15, 0.2) is 43.0 Å². The SMILES string of the molecule is Clc1ccc([C@H]2C[C@@H]2c2ccnn3ccnc23)cn1. The van der Waals surface area contributed by atoms with E-state index in [0.29, 0.717) is 17.0 Å². The van der Waals surface area contributed by atoms with Crippen LogP contribution in [0.25, 0.3) is 5.65 Å². The summed E-state index contributed by atoms with van der Waals surface area (Å²) in [5.41, 5.74) is 3.47. The van der Waals surface area contributed by atoms with Gasteiger partial charge in [0.1, 0.15) is 5.15 Å². The highest BCUT2D eigenvalue weighted by molar-refractivity contribution is 6.29. The topological polar surface area (TPSA) is 43.1 Å². The standard InChI is InChI=1S/C14H11ClN4/c15-13-2-1-9(8-17-13)11-7-12(11)10-3-4-18-19-6-5-16-14(10)19/h1-6,8,11-12H,7H2/t11-,12-/m1/s1. The first-order valence-corrected chi connectivity index (χ1v) is 6.60. The minimum absolute atomic E-state index is 0.510. The van der Waals surface area contributed by atoms with Crippen molar-refractivity contribution in [2.24, 2.45) is 0 Å². The second-order valence-electron chi connectivity index (χ2n) is 4.84. The van der Waals surface area contributed by atoms with E-state index < -0.39 is 0 Å². The van der Waals surface area contributed by atoms with E-state index in [2.05, 4.69) is 27.2 Å². The van der Waals surface area contributed by atoms with Gasteiger partial charge in [0.2, 0.25) is 0 Å². The van der Waals surface area contributed by atoms with E-state index in [4.69, 9.17) is 11.6 Å². The number of aromatic nitrogens is 4. The maximum Gasteiger partial charge on any atom is 0.156 e. The Morgan fingerprint density at radius 1 is 1.11 bits per heavy atom. The summed E-state index contributed by atoms with van der Waals surface area (Å²) in [5.74, 6) is 1.03. The largest absolute Gasteiger partial charge is 0.244 e. The van der Waals surface area contributed by atoms with Gasteiger partial charge in [-0.3, -0.25) is 0 Å². The smallest absolute Gasteiger partial charge is 0.156 e. The number of nitrogens with zero attached hydrogens (tertiary/aromatic N) is 4. The molecule has 3 heterocycles. The molecule has 2 atom stereocenters. The third-order valence-electron chi connectivity index (χ3n) is 3.69. The Hall–Kier alpha value is -1.94. The molecule has 0 unspecified atom stereocenters. The first-order chi connectivity index (χ1) is 9.33. The van der Waals surface area contributed by atoms with Crippen LogP contribution in [0, 0.1) is 0 Å². The summed E-state index contributed by atoms with van der Waals surface area (Å²) < 4.78 is 1.82. The van der Waals surface area contributed by atoms with Crippen LogP contribution in [0.1, 0.15) is 29.4 Å². The normalized spacial score (nSPS) is 21.7. The molecule has 0 radical (unpaired) electrons. The van der Waals surface area contributed by atoms with Crippen LogP contribution >= 0.6 is 11.6 Å². The number of fused-ring (bicyclic) bond motifs is 1. The Labute approximate surface area is 115 Å².